The minimum atomic E-state index is -3.45. The molecular weight excluding hydrogens is 319 g/mol. The number of rotatable bonds is 8. The number of halogens is 2. The van der Waals surface area contributed by atoms with Gasteiger partial charge in [0.15, 0.2) is 0 Å². The van der Waals surface area contributed by atoms with Crippen LogP contribution in [0.5, 0.6) is 0 Å². The first kappa shape index (κ1) is 17.8. The van der Waals surface area contributed by atoms with Gasteiger partial charge in [0.1, 0.15) is 0 Å². The fourth-order valence-electron chi connectivity index (χ4n) is 2.01. The Morgan fingerprint density at radius 1 is 1.25 bits per heavy atom. The SMILES string of the molecule is CCCCCC(COS(C)(=O)=O)c1ccc(Cl)cc1Cl. The zero-order chi connectivity index (χ0) is 15.2. The summed E-state index contributed by atoms with van der Waals surface area (Å²) in [5, 5.41) is 1.12. The molecule has 0 radical (unpaired) electrons. The average Bonchev–Trinajstić information content (AvgIpc) is 2.33. The van der Waals surface area contributed by atoms with Gasteiger partial charge in [0.2, 0.25) is 0 Å². The van der Waals surface area contributed by atoms with Gasteiger partial charge in [-0.25, -0.2) is 0 Å². The topological polar surface area (TPSA) is 43.4 Å². The fraction of sp³-hybridized carbons (Fsp3) is 0.571. The maximum absolute atomic E-state index is 11.2. The van der Waals surface area contributed by atoms with Crippen LogP contribution in [0.25, 0.3) is 0 Å². The van der Waals surface area contributed by atoms with Crippen LogP contribution in [0.1, 0.15) is 44.1 Å². The lowest BCUT2D eigenvalue weighted by atomic mass is 9.94. The third-order valence-electron chi connectivity index (χ3n) is 3.04. The van der Waals surface area contributed by atoms with Crippen LogP contribution in [0.2, 0.25) is 10.0 Å². The fourth-order valence-corrected chi connectivity index (χ4v) is 2.98. The van der Waals surface area contributed by atoms with Crippen molar-refractivity contribution in [1.82, 2.24) is 0 Å². The lowest BCUT2D eigenvalue weighted by molar-refractivity contribution is 0.285. The Morgan fingerprint density at radius 3 is 2.50 bits per heavy atom. The van der Waals surface area contributed by atoms with Gasteiger partial charge in [-0.3, -0.25) is 4.18 Å². The first-order chi connectivity index (χ1) is 9.33. The molecule has 0 saturated heterocycles. The molecule has 6 heteroatoms. The summed E-state index contributed by atoms with van der Waals surface area (Å²) in [7, 11) is -3.45. The predicted molar refractivity (Wildman–Crippen MR) is 84.1 cm³/mol. The van der Waals surface area contributed by atoms with Gasteiger partial charge in [-0.05, 0) is 24.1 Å². The quantitative estimate of drug-likeness (QED) is 0.512. The van der Waals surface area contributed by atoms with E-state index in [4.69, 9.17) is 27.4 Å². The lowest BCUT2D eigenvalue weighted by Crippen LogP contribution is -2.13. The largest absolute Gasteiger partial charge is 0.270 e. The average molecular weight is 339 g/mol. The highest BCUT2D eigenvalue weighted by atomic mass is 35.5. The molecule has 0 bridgehead atoms. The zero-order valence-corrected chi connectivity index (χ0v) is 14.1. The van der Waals surface area contributed by atoms with E-state index in [0.717, 1.165) is 37.5 Å². The van der Waals surface area contributed by atoms with E-state index in [1.54, 1.807) is 12.1 Å². The van der Waals surface area contributed by atoms with Crippen LogP contribution in [0, 0.1) is 0 Å². The smallest absolute Gasteiger partial charge is 0.264 e. The van der Waals surface area contributed by atoms with E-state index in [1.165, 1.54) is 0 Å². The van der Waals surface area contributed by atoms with Crippen LogP contribution in [-0.4, -0.2) is 21.3 Å². The molecule has 3 nitrogen and oxygen atoms in total. The van der Waals surface area contributed by atoms with Crippen LogP contribution >= 0.6 is 23.2 Å². The van der Waals surface area contributed by atoms with Gasteiger partial charge < -0.3 is 0 Å². The van der Waals surface area contributed by atoms with Crippen LogP contribution in [-0.2, 0) is 14.3 Å². The van der Waals surface area contributed by atoms with Crippen LogP contribution in [0.4, 0.5) is 0 Å². The number of hydrogen-bond donors (Lipinski definition) is 0. The normalized spacial score (nSPS) is 13.4. The van der Waals surface area contributed by atoms with E-state index in [1.807, 2.05) is 6.07 Å². The number of hydrogen-bond acceptors (Lipinski definition) is 3. The third kappa shape index (κ3) is 6.44. The van der Waals surface area contributed by atoms with E-state index >= 15 is 0 Å². The Labute approximate surface area is 131 Å². The highest BCUT2D eigenvalue weighted by Gasteiger charge is 2.17. The highest BCUT2D eigenvalue weighted by Crippen LogP contribution is 2.31. The number of unbranched alkanes of at least 4 members (excludes halogenated alkanes) is 2. The third-order valence-corrected chi connectivity index (χ3v) is 4.17. The molecule has 1 rings (SSSR count). The van der Waals surface area contributed by atoms with Crippen molar-refractivity contribution in [2.24, 2.45) is 0 Å². The molecule has 0 fully saturated rings. The van der Waals surface area contributed by atoms with E-state index in [2.05, 4.69) is 6.92 Å². The van der Waals surface area contributed by atoms with Crippen LogP contribution in [0.15, 0.2) is 18.2 Å². The van der Waals surface area contributed by atoms with Crippen molar-refractivity contribution >= 4 is 33.3 Å². The van der Waals surface area contributed by atoms with Gasteiger partial charge in [0, 0.05) is 16.0 Å². The molecule has 0 heterocycles. The maximum Gasteiger partial charge on any atom is 0.264 e. The van der Waals surface area contributed by atoms with E-state index in [9.17, 15) is 8.42 Å². The maximum atomic E-state index is 11.2. The van der Waals surface area contributed by atoms with Crippen molar-refractivity contribution in [3.05, 3.63) is 33.8 Å². The molecule has 0 aliphatic carbocycles. The summed E-state index contributed by atoms with van der Waals surface area (Å²) in [5.74, 6) is -0.0407. The van der Waals surface area contributed by atoms with Gasteiger partial charge in [-0.1, -0.05) is 55.5 Å². The van der Waals surface area contributed by atoms with Crippen LogP contribution < -0.4 is 0 Å². The molecule has 0 aliphatic heterocycles. The molecule has 1 aromatic rings. The zero-order valence-electron chi connectivity index (χ0n) is 11.7. The van der Waals surface area contributed by atoms with Crippen molar-refractivity contribution in [3.63, 3.8) is 0 Å². The molecule has 0 amide bonds. The summed E-state index contributed by atoms with van der Waals surface area (Å²) in [4.78, 5) is 0. The standard InChI is InChI=1S/C14H20Cl2O3S/c1-3-4-5-6-11(10-19-20(2,17)18)13-8-7-12(15)9-14(13)16/h7-9,11H,3-6,10H2,1-2H3. The summed E-state index contributed by atoms with van der Waals surface area (Å²) < 4.78 is 27.3. The lowest BCUT2D eigenvalue weighted by Gasteiger charge is -2.18. The van der Waals surface area contributed by atoms with E-state index in [-0.39, 0.29) is 12.5 Å². The molecule has 0 N–H and O–H groups in total. The molecule has 0 saturated carbocycles. The Morgan fingerprint density at radius 2 is 1.95 bits per heavy atom. The molecule has 1 atom stereocenters. The monoisotopic (exact) mass is 338 g/mol. The molecule has 0 spiro atoms. The highest BCUT2D eigenvalue weighted by molar-refractivity contribution is 7.85. The minimum Gasteiger partial charge on any atom is -0.270 e. The summed E-state index contributed by atoms with van der Waals surface area (Å²) >= 11 is 12.1. The summed E-state index contributed by atoms with van der Waals surface area (Å²) in [6.45, 7) is 2.24. The molecule has 1 unspecified atom stereocenters. The number of benzene rings is 1. The molecule has 0 aliphatic rings. The van der Waals surface area contributed by atoms with E-state index in [0.29, 0.717) is 10.0 Å². The Hall–Kier alpha value is -0.290. The van der Waals surface area contributed by atoms with Crippen LogP contribution in [0.3, 0.4) is 0 Å². The summed E-state index contributed by atoms with van der Waals surface area (Å²) in [6, 6.07) is 5.27. The summed E-state index contributed by atoms with van der Waals surface area (Å²) in [5.41, 5.74) is 0.885. The van der Waals surface area contributed by atoms with Gasteiger partial charge in [0.05, 0.1) is 12.9 Å². The van der Waals surface area contributed by atoms with Gasteiger partial charge in [0.25, 0.3) is 10.1 Å². The summed E-state index contributed by atoms with van der Waals surface area (Å²) in [6.07, 6.45) is 5.10. The van der Waals surface area contributed by atoms with Crippen molar-refractivity contribution in [3.8, 4) is 0 Å². The van der Waals surface area contributed by atoms with Gasteiger partial charge in [-0.2, -0.15) is 8.42 Å². The second-order valence-electron chi connectivity index (χ2n) is 4.85. The van der Waals surface area contributed by atoms with Gasteiger partial charge >= 0.3 is 0 Å². The Kier molecular flexibility index (Phi) is 7.30. The Balaban J connectivity index is 2.84. The first-order valence-electron chi connectivity index (χ1n) is 6.63. The second kappa shape index (κ2) is 8.23. The molecule has 0 aromatic heterocycles. The van der Waals surface area contributed by atoms with Crippen molar-refractivity contribution in [2.45, 2.75) is 38.5 Å². The molecular formula is C14H20Cl2O3S. The minimum absolute atomic E-state index is 0.0407. The predicted octanol–water partition coefficient (Wildman–Crippen LogP) is 4.63. The second-order valence-corrected chi connectivity index (χ2v) is 7.33. The molecule has 114 valence electrons. The Bertz CT molecular complexity index is 529. The van der Waals surface area contributed by atoms with Gasteiger partial charge in [-0.15, -0.1) is 0 Å². The molecule has 1 aromatic carbocycles. The van der Waals surface area contributed by atoms with E-state index < -0.39 is 10.1 Å². The van der Waals surface area contributed by atoms with Crippen molar-refractivity contribution < 1.29 is 12.6 Å². The van der Waals surface area contributed by atoms with Crippen molar-refractivity contribution in [2.75, 3.05) is 12.9 Å². The first-order valence-corrected chi connectivity index (χ1v) is 9.20. The van der Waals surface area contributed by atoms with Crippen molar-refractivity contribution in [1.29, 1.82) is 0 Å². The molecule has 20 heavy (non-hydrogen) atoms.